The highest BCUT2D eigenvalue weighted by atomic mass is 16.6. The molecule has 2 aromatic rings. The zero-order valence-electron chi connectivity index (χ0n) is 20.0. The molecule has 1 aliphatic carbocycles. The summed E-state index contributed by atoms with van der Waals surface area (Å²) in [4.78, 5) is 25.3. The topological polar surface area (TPSA) is 80.3 Å². The number of hydrogen-bond donors (Lipinski definition) is 0. The number of rotatable bonds is 10. The maximum atomic E-state index is 12.9. The number of ether oxygens (including phenoxy) is 5. The van der Waals surface area contributed by atoms with Crippen molar-refractivity contribution >= 4 is 18.0 Å². The van der Waals surface area contributed by atoms with E-state index in [0.29, 0.717) is 22.8 Å². The van der Waals surface area contributed by atoms with Gasteiger partial charge in [0.05, 0.1) is 27.2 Å². The quantitative estimate of drug-likeness (QED) is 0.353. The number of benzene rings is 2. The summed E-state index contributed by atoms with van der Waals surface area (Å²) in [5.74, 6) is 0.307. The van der Waals surface area contributed by atoms with Crippen LogP contribution in [0.15, 0.2) is 48.5 Å². The van der Waals surface area contributed by atoms with Gasteiger partial charge in [0.15, 0.2) is 17.6 Å². The average Bonchev–Trinajstić information content (AvgIpc) is 2.89. The molecule has 182 valence electrons. The summed E-state index contributed by atoms with van der Waals surface area (Å²) in [6.45, 7) is -0.144. The SMILES string of the molecule is COc1cc(C(COC(=O)/C=C/c2ccccc2)OC(=O)C2CCCCC2)cc(OC)c1OC. The molecule has 1 atom stereocenters. The van der Waals surface area contributed by atoms with Crippen LogP contribution in [0.25, 0.3) is 6.08 Å². The van der Waals surface area contributed by atoms with Crippen molar-refractivity contribution in [2.24, 2.45) is 5.92 Å². The van der Waals surface area contributed by atoms with Gasteiger partial charge in [-0.25, -0.2) is 4.79 Å². The minimum absolute atomic E-state index is 0.144. The molecule has 1 saturated carbocycles. The van der Waals surface area contributed by atoms with Crippen LogP contribution < -0.4 is 14.2 Å². The predicted octanol–water partition coefficient (Wildman–Crippen LogP) is 5.13. The minimum atomic E-state index is -0.822. The predicted molar refractivity (Wildman–Crippen MR) is 128 cm³/mol. The number of esters is 2. The maximum Gasteiger partial charge on any atom is 0.330 e. The van der Waals surface area contributed by atoms with E-state index < -0.39 is 12.1 Å². The molecule has 3 rings (SSSR count). The van der Waals surface area contributed by atoms with Crippen molar-refractivity contribution in [1.29, 1.82) is 0 Å². The molecular weight excluding hydrogens is 436 g/mol. The lowest BCUT2D eigenvalue weighted by Gasteiger charge is -2.25. The Balaban J connectivity index is 1.79. The fraction of sp³-hybridized carbons (Fsp3) is 0.407. The third-order valence-corrected chi connectivity index (χ3v) is 5.84. The fourth-order valence-corrected chi connectivity index (χ4v) is 3.99. The summed E-state index contributed by atoms with van der Waals surface area (Å²) in [6.07, 6.45) is 6.96. The van der Waals surface area contributed by atoms with E-state index in [0.717, 1.165) is 37.7 Å². The van der Waals surface area contributed by atoms with Gasteiger partial charge in [0.1, 0.15) is 6.61 Å². The normalized spacial score (nSPS) is 14.9. The molecule has 0 aliphatic heterocycles. The average molecular weight is 469 g/mol. The van der Waals surface area contributed by atoms with E-state index in [1.54, 1.807) is 18.2 Å². The molecule has 34 heavy (non-hydrogen) atoms. The maximum absolute atomic E-state index is 12.9. The molecular formula is C27H32O7. The molecule has 7 nitrogen and oxygen atoms in total. The van der Waals surface area contributed by atoms with Crippen LogP contribution >= 0.6 is 0 Å². The highest BCUT2D eigenvalue weighted by molar-refractivity contribution is 5.87. The van der Waals surface area contributed by atoms with Gasteiger partial charge in [-0.2, -0.15) is 0 Å². The Morgan fingerprint density at radius 3 is 2.18 bits per heavy atom. The van der Waals surface area contributed by atoms with Crippen LogP contribution in [0.4, 0.5) is 0 Å². The van der Waals surface area contributed by atoms with Crippen LogP contribution in [-0.2, 0) is 19.1 Å². The number of hydrogen-bond acceptors (Lipinski definition) is 7. The molecule has 0 radical (unpaired) electrons. The van der Waals surface area contributed by atoms with E-state index in [4.69, 9.17) is 23.7 Å². The molecule has 1 unspecified atom stereocenters. The highest BCUT2D eigenvalue weighted by Gasteiger charge is 2.28. The summed E-state index contributed by atoms with van der Waals surface area (Å²) >= 11 is 0. The highest BCUT2D eigenvalue weighted by Crippen LogP contribution is 2.40. The molecule has 0 spiro atoms. The van der Waals surface area contributed by atoms with Crippen molar-refractivity contribution < 1.29 is 33.3 Å². The van der Waals surface area contributed by atoms with Gasteiger partial charge in [-0.1, -0.05) is 49.6 Å². The molecule has 1 aliphatic rings. The number of carbonyl (C=O) groups is 2. The molecule has 0 bridgehead atoms. The van der Waals surface area contributed by atoms with Crippen molar-refractivity contribution in [2.75, 3.05) is 27.9 Å². The van der Waals surface area contributed by atoms with Crippen molar-refractivity contribution in [1.82, 2.24) is 0 Å². The van der Waals surface area contributed by atoms with Crippen molar-refractivity contribution in [3.63, 3.8) is 0 Å². The third-order valence-electron chi connectivity index (χ3n) is 5.84. The van der Waals surface area contributed by atoms with Crippen LogP contribution in [-0.4, -0.2) is 39.9 Å². The zero-order valence-corrected chi connectivity index (χ0v) is 20.0. The second-order valence-electron chi connectivity index (χ2n) is 8.09. The van der Waals surface area contributed by atoms with Crippen LogP contribution in [0, 0.1) is 5.92 Å². The van der Waals surface area contributed by atoms with E-state index in [9.17, 15) is 9.59 Å². The van der Waals surface area contributed by atoms with Crippen molar-refractivity contribution in [2.45, 2.75) is 38.2 Å². The van der Waals surface area contributed by atoms with E-state index in [1.165, 1.54) is 27.4 Å². The Bertz CT molecular complexity index is 953. The second-order valence-corrected chi connectivity index (χ2v) is 8.09. The van der Waals surface area contributed by atoms with Crippen molar-refractivity contribution in [3.8, 4) is 17.2 Å². The Labute approximate surface area is 200 Å². The molecule has 2 aromatic carbocycles. The van der Waals surface area contributed by atoms with Crippen LogP contribution in [0.3, 0.4) is 0 Å². The lowest BCUT2D eigenvalue weighted by molar-refractivity contribution is -0.162. The van der Waals surface area contributed by atoms with E-state index in [2.05, 4.69) is 0 Å². The second kappa shape index (κ2) is 12.7. The first kappa shape index (κ1) is 25.1. The van der Waals surface area contributed by atoms with Crippen LogP contribution in [0.5, 0.6) is 17.2 Å². The molecule has 0 heterocycles. The van der Waals surface area contributed by atoms with Gasteiger partial charge in [-0.3, -0.25) is 4.79 Å². The minimum Gasteiger partial charge on any atom is -0.493 e. The van der Waals surface area contributed by atoms with Gasteiger partial charge in [-0.05, 0) is 36.6 Å². The molecule has 0 aromatic heterocycles. The van der Waals surface area contributed by atoms with Crippen LogP contribution in [0.2, 0.25) is 0 Å². The third kappa shape index (κ3) is 6.76. The summed E-state index contributed by atoms with van der Waals surface area (Å²) in [5, 5.41) is 0. The van der Waals surface area contributed by atoms with Gasteiger partial charge >= 0.3 is 11.9 Å². The monoisotopic (exact) mass is 468 g/mol. The summed E-state index contributed by atoms with van der Waals surface area (Å²) in [6, 6.07) is 12.8. The van der Waals surface area contributed by atoms with Gasteiger partial charge < -0.3 is 23.7 Å². The number of methoxy groups -OCH3 is 3. The molecule has 0 N–H and O–H groups in total. The van der Waals surface area contributed by atoms with Gasteiger partial charge in [0.2, 0.25) is 5.75 Å². The lowest BCUT2D eigenvalue weighted by atomic mass is 9.89. The standard InChI is InChI=1S/C27H32O7/c1-30-22-16-21(17-23(31-2)26(22)32-3)24(34-27(29)20-12-8-5-9-13-20)18-33-25(28)15-14-19-10-6-4-7-11-19/h4,6-7,10-11,14-17,20,24H,5,8-9,12-13,18H2,1-3H3/b15-14+. The molecule has 0 amide bonds. The van der Waals surface area contributed by atoms with Gasteiger partial charge in [0.25, 0.3) is 0 Å². The Kier molecular flexibility index (Phi) is 9.38. The smallest absolute Gasteiger partial charge is 0.330 e. The summed E-state index contributed by atoms with van der Waals surface area (Å²) in [7, 11) is 4.54. The van der Waals surface area contributed by atoms with E-state index in [1.807, 2.05) is 30.3 Å². The largest absolute Gasteiger partial charge is 0.493 e. The Morgan fingerprint density at radius 2 is 1.59 bits per heavy atom. The van der Waals surface area contributed by atoms with E-state index in [-0.39, 0.29) is 18.5 Å². The first-order valence-electron chi connectivity index (χ1n) is 11.5. The first-order chi connectivity index (χ1) is 16.5. The van der Waals surface area contributed by atoms with Gasteiger partial charge in [-0.15, -0.1) is 0 Å². The van der Waals surface area contributed by atoms with Gasteiger partial charge in [0, 0.05) is 11.6 Å². The Hall–Kier alpha value is -3.48. The van der Waals surface area contributed by atoms with E-state index >= 15 is 0 Å². The molecule has 7 heteroatoms. The fourth-order valence-electron chi connectivity index (χ4n) is 3.99. The Morgan fingerprint density at radius 1 is 0.941 bits per heavy atom. The zero-order chi connectivity index (χ0) is 24.3. The van der Waals surface area contributed by atoms with Crippen LogP contribution in [0.1, 0.15) is 49.3 Å². The van der Waals surface area contributed by atoms with Crippen molar-refractivity contribution in [3.05, 3.63) is 59.7 Å². The first-order valence-corrected chi connectivity index (χ1v) is 11.5. The summed E-state index contributed by atoms with van der Waals surface area (Å²) in [5.41, 5.74) is 1.46. The summed E-state index contributed by atoms with van der Waals surface area (Å²) < 4.78 is 27.6. The number of carbonyl (C=O) groups excluding carboxylic acids is 2. The molecule has 0 saturated heterocycles. The lowest BCUT2D eigenvalue weighted by Crippen LogP contribution is -2.25. The molecule has 1 fully saturated rings.